The predicted octanol–water partition coefficient (Wildman–Crippen LogP) is 3.03. The maximum absolute atomic E-state index is 13.3. The van der Waals surface area contributed by atoms with Gasteiger partial charge in [0.15, 0.2) is 5.78 Å². The number of carbonyl (C=O) groups excluding carboxylic acids is 1. The molecule has 0 amide bonds. The summed E-state index contributed by atoms with van der Waals surface area (Å²) < 4.78 is 14.2. The summed E-state index contributed by atoms with van der Waals surface area (Å²) in [5.74, 6) is -0.825. The topological polar surface area (TPSA) is 71.9 Å². The molecule has 5 nitrogen and oxygen atoms in total. The van der Waals surface area contributed by atoms with Crippen LogP contribution in [0.1, 0.15) is 34.1 Å². The summed E-state index contributed by atoms with van der Waals surface area (Å²) in [6.45, 7) is 3.21. The van der Waals surface area contributed by atoms with Crippen molar-refractivity contribution in [3.05, 3.63) is 66.9 Å². The van der Waals surface area contributed by atoms with E-state index in [0.717, 1.165) is 22.3 Å². The van der Waals surface area contributed by atoms with Crippen LogP contribution in [0.3, 0.4) is 0 Å². The van der Waals surface area contributed by atoms with Gasteiger partial charge in [-0.25, -0.2) is 9.18 Å². The highest BCUT2D eigenvalue weighted by Crippen LogP contribution is 2.21. The minimum absolute atomic E-state index is 0.266. The highest BCUT2D eigenvalue weighted by atomic mass is 32.1. The number of hydrogen-bond acceptors (Lipinski definition) is 4. The summed E-state index contributed by atoms with van der Waals surface area (Å²) in [6.07, 6.45) is 1.77. The fourth-order valence-corrected chi connectivity index (χ4v) is 3.80. The molecule has 3 rings (SSSR count). The van der Waals surface area contributed by atoms with Crippen molar-refractivity contribution in [2.45, 2.75) is 33.2 Å². The SMILES string of the molecule is CCCc1cc2c(=O)n(CC(=O)c3ccc(F)c(C)c3)c(=O)[nH]c2s1. The fourth-order valence-electron chi connectivity index (χ4n) is 2.66. The average molecular weight is 360 g/mol. The Bertz CT molecular complexity index is 1080. The maximum Gasteiger partial charge on any atom is 0.329 e. The minimum Gasteiger partial charge on any atom is -0.298 e. The number of carbonyl (C=O) groups is 1. The molecule has 1 N–H and O–H groups in total. The Balaban J connectivity index is 2.00. The number of ketones is 1. The van der Waals surface area contributed by atoms with Crippen LogP contribution in [0.5, 0.6) is 0 Å². The van der Waals surface area contributed by atoms with E-state index in [1.165, 1.54) is 29.5 Å². The third-order valence-corrected chi connectivity index (χ3v) is 5.11. The molecule has 0 aliphatic heterocycles. The molecule has 0 radical (unpaired) electrons. The summed E-state index contributed by atoms with van der Waals surface area (Å²) in [5, 5.41) is 0.413. The lowest BCUT2D eigenvalue weighted by Crippen LogP contribution is -2.36. The van der Waals surface area contributed by atoms with Gasteiger partial charge in [0.25, 0.3) is 5.56 Å². The van der Waals surface area contributed by atoms with E-state index in [4.69, 9.17) is 0 Å². The summed E-state index contributed by atoms with van der Waals surface area (Å²) >= 11 is 1.38. The van der Waals surface area contributed by atoms with Gasteiger partial charge in [0.1, 0.15) is 10.6 Å². The molecule has 7 heteroatoms. The molecule has 0 atom stereocenters. The number of aromatic amines is 1. The van der Waals surface area contributed by atoms with E-state index in [1.807, 2.05) is 6.92 Å². The van der Waals surface area contributed by atoms with Crippen molar-refractivity contribution in [2.75, 3.05) is 0 Å². The van der Waals surface area contributed by atoms with Crippen LogP contribution in [-0.4, -0.2) is 15.3 Å². The smallest absolute Gasteiger partial charge is 0.298 e. The van der Waals surface area contributed by atoms with Gasteiger partial charge in [0, 0.05) is 10.4 Å². The molecular formula is C18H17FN2O3S. The number of benzene rings is 1. The number of rotatable bonds is 5. The highest BCUT2D eigenvalue weighted by Gasteiger charge is 2.15. The van der Waals surface area contributed by atoms with Crippen LogP contribution in [0.2, 0.25) is 0 Å². The van der Waals surface area contributed by atoms with E-state index in [0.29, 0.717) is 15.8 Å². The Morgan fingerprint density at radius 2 is 2.04 bits per heavy atom. The number of aromatic nitrogens is 2. The second-order valence-corrected chi connectivity index (χ2v) is 7.05. The van der Waals surface area contributed by atoms with E-state index in [2.05, 4.69) is 4.98 Å². The van der Waals surface area contributed by atoms with Crippen LogP contribution >= 0.6 is 11.3 Å². The highest BCUT2D eigenvalue weighted by molar-refractivity contribution is 7.18. The van der Waals surface area contributed by atoms with E-state index < -0.39 is 22.8 Å². The van der Waals surface area contributed by atoms with Crippen LogP contribution in [0, 0.1) is 12.7 Å². The third-order valence-electron chi connectivity index (χ3n) is 4.00. The molecule has 0 unspecified atom stereocenters. The quantitative estimate of drug-likeness (QED) is 0.711. The zero-order chi connectivity index (χ0) is 18.1. The standard InChI is InChI=1S/C18H17FN2O3S/c1-3-4-12-8-13-16(25-12)20-18(24)21(17(13)23)9-15(22)11-5-6-14(19)10(2)7-11/h5-8H,3-4,9H2,1-2H3,(H,20,24). The van der Waals surface area contributed by atoms with Gasteiger partial charge in [-0.2, -0.15) is 0 Å². The third kappa shape index (κ3) is 3.32. The molecule has 0 aliphatic carbocycles. The molecule has 0 spiro atoms. The van der Waals surface area contributed by atoms with E-state index in [-0.39, 0.29) is 12.1 Å². The lowest BCUT2D eigenvalue weighted by molar-refractivity contribution is 0.0969. The number of nitrogens with zero attached hydrogens (tertiary/aromatic N) is 1. The number of H-pyrrole nitrogens is 1. The van der Waals surface area contributed by atoms with E-state index in [9.17, 15) is 18.8 Å². The molecule has 0 bridgehead atoms. The Morgan fingerprint density at radius 3 is 2.72 bits per heavy atom. The number of thiophene rings is 1. The predicted molar refractivity (Wildman–Crippen MR) is 96.2 cm³/mol. The van der Waals surface area contributed by atoms with Crippen molar-refractivity contribution in [3.8, 4) is 0 Å². The van der Waals surface area contributed by atoms with E-state index in [1.54, 1.807) is 13.0 Å². The van der Waals surface area contributed by atoms with Gasteiger partial charge in [-0.05, 0) is 43.2 Å². The lowest BCUT2D eigenvalue weighted by atomic mass is 10.1. The van der Waals surface area contributed by atoms with E-state index >= 15 is 0 Å². The summed E-state index contributed by atoms with van der Waals surface area (Å²) in [6, 6.07) is 5.74. The van der Waals surface area contributed by atoms with Crippen molar-refractivity contribution in [3.63, 3.8) is 0 Å². The number of Topliss-reactive ketones (excluding diaryl/α,β-unsaturated/α-hetero) is 1. The molecule has 0 aliphatic rings. The molecule has 1 aromatic carbocycles. The van der Waals surface area contributed by atoms with Crippen LogP contribution in [0.25, 0.3) is 10.2 Å². The number of hydrogen-bond donors (Lipinski definition) is 1. The summed E-state index contributed by atoms with van der Waals surface area (Å²) in [4.78, 5) is 41.4. The molecule has 25 heavy (non-hydrogen) atoms. The molecule has 130 valence electrons. The van der Waals surface area contributed by atoms with Crippen molar-refractivity contribution >= 4 is 27.3 Å². The van der Waals surface area contributed by atoms with Crippen LogP contribution in [0.15, 0.2) is 33.9 Å². The number of fused-ring (bicyclic) bond motifs is 1. The molecule has 0 saturated heterocycles. The average Bonchev–Trinajstić information content (AvgIpc) is 2.96. The fraction of sp³-hybridized carbons (Fsp3) is 0.278. The molecule has 2 aromatic heterocycles. The van der Waals surface area contributed by atoms with Gasteiger partial charge >= 0.3 is 5.69 Å². The Morgan fingerprint density at radius 1 is 1.28 bits per heavy atom. The Kier molecular flexibility index (Phi) is 4.67. The van der Waals surface area contributed by atoms with Crippen molar-refractivity contribution in [1.82, 2.24) is 9.55 Å². The Labute approximate surface area is 146 Å². The largest absolute Gasteiger partial charge is 0.329 e. The summed E-state index contributed by atoms with van der Waals surface area (Å²) in [5.41, 5.74) is -0.494. The summed E-state index contributed by atoms with van der Waals surface area (Å²) in [7, 11) is 0. The van der Waals surface area contributed by atoms with Gasteiger partial charge in [0.05, 0.1) is 11.9 Å². The monoisotopic (exact) mass is 360 g/mol. The van der Waals surface area contributed by atoms with Gasteiger partial charge < -0.3 is 0 Å². The Hall–Kier alpha value is -2.54. The molecule has 3 aromatic rings. The minimum atomic E-state index is -0.616. The number of aryl methyl sites for hydroxylation is 2. The number of nitrogens with one attached hydrogen (secondary N) is 1. The maximum atomic E-state index is 13.3. The van der Waals surface area contributed by atoms with Crippen molar-refractivity contribution in [1.29, 1.82) is 0 Å². The molecule has 2 heterocycles. The first-order valence-electron chi connectivity index (χ1n) is 7.95. The first-order chi connectivity index (χ1) is 11.9. The molecular weight excluding hydrogens is 343 g/mol. The molecule has 0 fully saturated rings. The van der Waals surface area contributed by atoms with Gasteiger partial charge in [-0.1, -0.05) is 13.3 Å². The zero-order valence-electron chi connectivity index (χ0n) is 13.9. The van der Waals surface area contributed by atoms with Crippen LogP contribution < -0.4 is 11.2 Å². The van der Waals surface area contributed by atoms with Gasteiger partial charge in [-0.3, -0.25) is 19.1 Å². The van der Waals surface area contributed by atoms with Crippen LogP contribution in [0.4, 0.5) is 4.39 Å². The van der Waals surface area contributed by atoms with Crippen molar-refractivity contribution in [2.24, 2.45) is 0 Å². The van der Waals surface area contributed by atoms with Crippen molar-refractivity contribution < 1.29 is 9.18 Å². The second-order valence-electron chi connectivity index (χ2n) is 5.91. The van der Waals surface area contributed by atoms with Gasteiger partial charge in [-0.15, -0.1) is 11.3 Å². The molecule has 0 saturated carbocycles. The van der Waals surface area contributed by atoms with Gasteiger partial charge in [0.2, 0.25) is 0 Å². The lowest BCUT2D eigenvalue weighted by Gasteiger charge is -2.05. The normalized spacial score (nSPS) is 11.2. The van der Waals surface area contributed by atoms with Crippen LogP contribution in [-0.2, 0) is 13.0 Å². The zero-order valence-corrected chi connectivity index (χ0v) is 14.7. The second kappa shape index (κ2) is 6.76. The first kappa shape index (κ1) is 17.3. The number of halogens is 1. The first-order valence-corrected chi connectivity index (χ1v) is 8.77.